The van der Waals surface area contributed by atoms with E-state index < -0.39 is 0 Å². The number of carbonyl (C=O) groups excluding carboxylic acids is 1. The van der Waals surface area contributed by atoms with E-state index in [9.17, 15) is 9.90 Å². The number of amides is 1. The van der Waals surface area contributed by atoms with Crippen molar-refractivity contribution in [2.75, 3.05) is 5.32 Å². The Morgan fingerprint density at radius 3 is 2.52 bits per heavy atom. The molecule has 1 aromatic heterocycles. The molecule has 1 amide bonds. The molecule has 0 aliphatic rings. The van der Waals surface area contributed by atoms with Gasteiger partial charge >= 0.3 is 0 Å². The maximum atomic E-state index is 12.3. The second kappa shape index (κ2) is 5.25. The monoisotopic (exact) mass is 278 g/mol. The zero-order valence-corrected chi connectivity index (χ0v) is 11.5. The summed E-state index contributed by atoms with van der Waals surface area (Å²) in [6.45, 7) is 1.90. The number of rotatable bonds is 2. The second-order valence-corrected chi connectivity index (χ2v) is 4.92. The summed E-state index contributed by atoms with van der Waals surface area (Å²) < 4.78 is 0. The maximum absolute atomic E-state index is 12.3. The number of aryl methyl sites for hydroxylation is 1. The summed E-state index contributed by atoms with van der Waals surface area (Å²) in [5, 5.41) is 14.6. The minimum atomic E-state index is -0.356. The molecule has 0 fully saturated rings. The molecule has 0 unspecified atom stereocenters. The van der Waals surface area contributed by atoms with Crippen molar-refractivity contribution in [1.29, 1.82) is 0 Å². The van der Waals surface area contributed by atoms with E-state index in [0.29, 0.717) is 5.69 Å². The number of carbonyl (C=O) groups is 1. The lowest BCUT2D eigenvalue weighted by molar-refractivity contribution is 0.102. The zero-order valence-electron chi connectivity index (χ0n) is 11.5. The van der Waals surface area contributed by atoms with Crippen LogP contribution in [0.4, 0.5) is 5.69 Å². The fraction of sp³-hybridized carbons (Fsp3) is 0.0588. The number of nitrogens with one attached hydrogen (secondary N) is 1. The molecule has 0 saturated carbocycles. The van der Waals surface area contributed by atoms with Crippen LogP contribution in [0.1, 0.15) is 15.9 Å². The van der Waals surface area contributed by atoms with Gasteiger partial charge in [0.2, 0.25) is 0 Å². The van der Waals surface area contributed by atoms with Gasteiger partial charge < -0.3 is 10.4 Å². The van der Waals surface area contributed by atoms with Gasteiger partial charge in [0, 0.05) is 6.20 Å². The van der Waals surface area contributed by atoms with Crippen molar-refractivity contribution in [1.82, 2.24) is 4.98 Å². The third kappa shape index (κ3) is 2.69. The van der Waals surface area contributed by atoms with E-state index in [2.05, 4.69) is 10.3 Å². The number of aromatic nitrogens is 1. The lowest BCUT2D eigenvalue weighted by Gasteiger charge is -2.08. The highest BCUT2D eigenvalue weighted by atomic mass is 16.3. The molecular formula is C17H14N2O2. The standard InChI is InChI=1S/C17H14N2O2/c1-11-6-14(10-18-9-11)19-17(21)15-7-12-4-2-3-5-13(12)8-16(15)20/h2-10,20H,1H3,(H,19,21). The fourth-order valence-corrected chi connectivity index (χ4v) is 2.23. The first-order valence-electron chi connectivity index (χ1n) is 6.58. The van der Waals surface area contributed by atoms with Gasteiger partial charge in [-0.3, -0.25) is 9.78 Å². The third-order valence-electron chi connectivity index (χ3n) is 3.24. The van der Waals surface area contributed by atoms with Crippen LogP contribution in [0.5, 0.6) is 5.75 Å². The number of hydrogen-bond donors (Lipinski definition) is 2. The van der Waals surface area contributed by atoms with Crippen LogP contribution in [0.25, 0.3) is 10.8 Å². The van der Waals surface area contributed by atoms with Gasteiger partial charge in [0.15, 0.2) is 0 Å². The molecule has 0 atom stereocenters. The van der Waals surface area contributed by atoms with E-state index >= 15 is 0 Å². The maximum Gasteiger partial charge on any atom is 0.259 e. The summed E-state index contributed by atoms with van der Waals surface area (Å²) in [7, 11) is 0. The Labute approximate surface area is 122 Å². The van der Waals surface area contributed by atoms with Crippen LogP contribution in [0.15, 0.2) is 54.9 Å². The summed E-state index contributed by atoms with van der Waals surface area (Å²) >= 11 is 0. The van der Waals surface area contributed by atoms with Crippen LogP contribution in [0.3, 0.4) is 0 Å². The Morgan fingerprint density at radius 1 is 1.10 bits per heavy atom. The molecule has 1 heterocycles. The van der Waals surface area contributed by atoms with E-state index in [4.69, 9.17) is 0 Å². The predicted octanol–water partition coefficient (Wildman–Crippen LogP) is 3.50. The molecule has 0 saturated heterocycles. The summed E-state index contributed by atoms with van der Waals surface area (Å²) in [5.41, 5.74) is 1.80. The van der Waals surface area contributed by atoms with Crippen LogP contribution in [-0.4, -0.2) is 16.0 Å². The number of nitrogens with zero attached hydrogens (tertiary/aromatic N) is 1. The molecule has 2 aromatic carbocycles. The fourth-order valence-electron chi connectivity index (χ4n) is 2.23. The van der Waals surface area contributed by atoms with Gasteiger partial charge in [0.25, 0.3) is 5.91 Å². The first-order valence-corrected chi connectivity index (χ1v) is 6.58. The van der Waals surface area contributed by atoms with Gasteiger partial charge in [0.05, 0.1) is 17.4 Å². The number of anilines is 1. The highest BCUT2D eigenvalue weighted by molar-refractivity contribution is 6.08. The second-order valence-electron chi connectivity index (χ2n) is 4.92. The van der Waals surface area contributed by atoms with Gasteiger partial charge in [-0.2, -0.15) is 0 Å². The third-order valence-corrected chi connectivity index (χ3v) is 3.24. The van der Waals surface area contributed by atoms with Crippen LogP contribution >= 0.6 is 0 Å². The van der Waals surface area contributed by atoms with Crippen molar-refractivity contribution < 1.29 is 9.90 Å². The molecule has 0 aliphatic carbocycles. The summed E-state index contributed by atoms with van der Waals surface area (Å²) in [6, 6.07) is 12.7. The molecule has 3 aromatic rings. The average Bonchev–Trinajstić information content (AvgIpc) is 2.46. The van der Waals surface area contributed by atoms with Crippen LogP contribution in [0.2, 0.25) is 0 Å². The van der Waals surface area contributed by atoms with E-state index in [1.165, 1.54) is 0 Å². The lowest BCUT2D eigenvalue weighted by atomic mass is 10.1. The van der Waals surface area contributed by atoms with Crippen molar-refractivity contribution >= 4 is 22.4 Å². The molecule has 0 bridgehead atoms. The molecule has 0 radical (unpaired) electrons. The van der Waals surface area contributed by atoms with Crippen LogP contribution in [0, 0.1) is 6.92 Å². The zero-order chi connectivity index (χ0) is 14.8. The first kappa shape index (κ1) is 13.1. The van der Waals surface area contributed by atoms with E-state index in [1.54, 1.807) is 24.5 Å². The van der Waals surface area contributed by atoms with Gasteiger partial charge in [-0.1, -0.05) is 24.3 Å². The number of pyridine rings is 1. The molecule has 3 rings (SSSR count). The Kier molecular flexibility index (Phi) is 3.28. The summed E-state index contributed by atoms with van der Waals surface area (Å²) in [4.78, 5) is 16.3. The van der Waals surface area contributed by atoms with Crippen molar-refractivity contribution in [3.63, 3.8) is 0 Å². The molecule has 2 N–H and O–H groups in total. The summed E-state index contributed by atoms with van der Waals surface area (Å²) in [5.74, 6) is -0.391. The van der Waals surface area contributed by atoms with E-state index in [-0.39, 0.29) is 17.2 Å². The minimum absolute atomic E-state index is 0.0354. The highest BCUT2D eigenvalue weighted by Crippen LogP contribution is 2.25. The number of benzene rings is 2. The quantitative estimate of drug-likeness (QED) is 0.754. The number of fused-ring (bicyclic) bond motifs is 1. The minimum Gasteiger partial charge on any atom is -0.507 e. The van der Waals surface area contributed by atoms with Gasteiger partial charge in [-0.05, 0) is 41.5 Å². The largest absolute Gasteiger partial charge is 0.507 e. The highest BCUT2D eigenvalue weighted by Gasteiger charge is 2.12. The normalized spacial score (nSPS) is 10.5. The predicted molar refractivity (Wildman–Crippen MR) is 82.5 cm³/mol. The number of phenolic OH excluding ortho intramolecular Hbond substituents is 1. The van der Waals surface area contributed by atoms with Crippen molar-refractivity contribution in [2.45, 2.75) is 6.92 Å². The van der Waals surface area contributed by atoms with E-state index in [0.717, 1.165) is 16.3 Å². The summed E-state index contributed by atoms with van der Waals surface area (Å²) in [6.07, 6.45) is 3.28. The topological polar surface area (TPSA) is 62.2 Å². The van der Waals surface area contributed by atoms with Crippen molar-refractivity contribution in [2.24, 2.45) is 0 Å². The Morgan fingerprint density at radius 2 is 1.81 bits per heavy atom. The lowest BCUT2D eigenvalue weighted by Crippen LogP contribution is -2.12. The van der Waals surface area contributed by atoms with Crippen LogP contribution in [-0.2, 0) is 0 Å². The molecule has 4 heteroatoms. The molecular weight excluding hydrogens is 264 g/mol. The molecule has 0 spiro atoms. The Bertz CT molecular complexity index is 828. The first-order chi connectivity index (χ1) is 10.1. The van der Waals surface area contributed by atoms with E-state index in [1.807, 2.05) is 37.3 Å². The van der Waals surface area contributed by atoms with Gasteiger partial charge in [-0.25, -0.2) is 0 Å². The SMILES string of the molecule is Cc1cncc(NC(=O)c2cc3ccccc3cc2O)c1. The molecule has 0 aliphatic heterocycles. The van der Waals surface area contributed by atoms with Crippen LogP contribution < -0.4 is 5.32 Å². The smallest absolute Gasteiger partial charge is 0.259 e. The molecule has 104 valence electrons. The van der Waals surface area contributed by atoms with Gasteiger partial charge in [0.1, 0.15) is 5.75 Å². The van der Waals surface area contributed by atoms with Crippen molar-refractivity contribution in [3.05, 3.63) is 66.0 Å². The number of phenols is 1. The number of hydrogen-bond acceptors (Lipinski definition) is 3. The average molecular weight is 278 g/mol. The molecule has 21 heavy (non-hydrogen) atoms. The molecule has 4 nitrogen and oxygen atoms in total. The van der Waals surface area contributed by atoms with Gasteiger partial charge in [-0.15, -0.1) is 0 Å². The number of aromatic hydroxyl groups is 1. The van der Waals surface area contributed by atoms with Crippen molar-refractivity contribution in [3.8, 4) is 5.75 Å². The Hall–Kier alpha value is -2.88. The Balaban J connectivity index is 1.96.